The summed E-state index contributed by atoms with van der Waals surface area (Å²) in [5, 5.41) is 10.3. The van der Waals surface area contributed by atoms with Crippen molar-refractivity contribution in [3.63, 3.8) is 0 Å². The van der Waals surface area contributed by atoms with Crippen molar-refractivity contribution in [3.8, 4) is 5.00 Å². The number of thiazole rings is 1. The number of aromatic nitrogens is 5. The molecule has 0 spiro atoms. The summed E-state index contributed by atoms with van der Waals surface area (Å²) in [7, 11) is 0. The van der Waals surface area contributed by atoms with Crippen LogP contribution in [0.2, 0.25) is 0 Å². The van der Waals surface area contributed by atoms with Gasteiger partial charge in [-0.3, -0.25) is 0 Å². The van der Waals surface area contributed by atoms with E-state index < -0.39 is 0 Å². The normalized spacial score (nSPS) is 11.3. The standard InChI is InChI=1S/C14H11N5O2S/c1-2-21-14(20)10-7-16-18-8-11(22-13(10)18)19-12-9(6-17-19)4-3-5-15-12/h3-8H,2H2,1H3. The molecule has 0 amide bonds. The molecule has 0 aliphatic heterocycles. The van der Waals surface area contributed by atoms with E-state index in [1.54, 1.807) is 28.5 Å². The SMILES string of the molecule is CCOC(=O)c1cnn2cc(-n3ncc4cccnc43)sc12. The van der Waals surface area contributed by atoms with Crippen molar-refractivity contribution in [1.82, 2.24) is 24.4 Å². The molecule has 4 rings (SSSR count). The molecular formula is C14H11N5O2S. The summed E-state index contributed by atoms with van der Waals surface area (Å²) in [6.07, 6.45) is 6.83. The first-order valence-electron chi connectivity index (χ1n) is 6.71. The van der Waals surface area contributed by atoms with Crippen molar-refractivity contribution >= 4 is 33.2 Å². The van der Waals surface area contributed by atoms with Crippen LogP contribution in [0.4, 0.5) is 0 Å². The Balaban J connectivity index is 1.85. The monoisotopic (exact) mass is 313 g/mol. The van der Waals surface area contributed by atoms with E-state index in [0.717, 1.165) is 20.9 Å². The molecule has 4 aromatic rings. The summed E-state index contributed by atoms with van der Waals surface area (Å²) in [6.45, 7) is 2.11. The van der Waals surface area contributed by atoms with Crippen molar-refractivity contribution < 1.29 is 9.53 Å². The average molecular weight is 313 g/mol. The fourth-order valence-corrected chi connectivity index (χ4v) is 3.25. The highest BCUT2D eigenvalue weighted by molar-refractivity contribution is 7.20. The van der Waals surface area contributed by atoms with Crippen molar-refractivity contribution in [2.24, 2.45) is 0 Å². The van der Waals surface area contributed by atoms with Crippen LogP contribution >= 0.6 is 11.3 Å². The Morgan fingerprint density at radius 2 is 2.27 bits per heavy atom. The first-order chi connectivity index (χ1) is 10.8. The summed E-state index contributed by atoms with van der Waals surface area (Å²) in [4.78, 5) is 17.0. The first-order valence-corrected chi connectivity index (χ1v) is 7.53. The molecule has 0 unspecified atom stereocenters. The van der Waals surface area contributed by atoms with Crippen LogP contribution in [-0.2, 0) is 4.74 Å². The third-order valence-electron chi connectivity index (χ3n) is 3.22. The van der Waals surface area contributed by atoms with Crippen LogP contribution in [0, 0.1) is 0 Å². The van der Waals surface area contributed by atoms with Gasteiger partial charge in [-0.25, -0.2) is 19.0 Å². The van der Waals surface area contributed by atoms with Crippen molar-refractivity contribution in [1.29, 1.82) is 0 Å². The molecule has 4 aromatic heterocycles. The van der Waals surface area contributed by atoms with E-state index in [1.165, 1.54) is 17.5 Å². The molecule has 110 valence electrons. The van der Waals surface area contributed by atoms with Crippen LogP contribution in [0.15, 0.2) is 36.9 Å². The number of nitrogens with zero attached hydrogens (tertiary/aromatic N) is 5. The number of ether oxygens (including phenoxy) is 1. The number of rotatable bonds is 3. The Morgan fingerprint density at radius 1 is 1.36 bits per heavy atom. The molecule has 22 heavy (non-hydrogen) atoms. The first kappa shape index (κ1) is 13.0. The van der Waals surface area contributed by atoms with Gasteiger partial charge in [-0.1, -0.05) is 11.3 Å². The summed E-state index contributed by atoms with van der Waals surface area (Å²) in [5.74, 6) is -0.366. The number of carbonyl (C=O) groups excluding carboxylic acids is 1. The smallest absolute Gasteiger partial charge is 0.342 e. The van der Waals surface area contributed by atoms with Gasteiger partial charge in [0.15, 0.2) is 5.65 Å². The van der Waals surface area contributed by atoms with Gasteiger partial charge in [0.25, 0.3) is 0 Å². The second-order valence-corrected chi connectivity index (χ2v) is 5.58. The number of pyridine rings is 1. The Morgan fingerprint density at radius 3 is 3.14 bits per heavy atom. The minimum absolute atomic E-state index is 0.335. The zero-order valence-corrected chi connectivity index (χ0v) is 12.4. The summed E-state index contributed by atoms with van der Waals surface area (Å²) >= 11 is 1.42. The molecule has 0 radical (unpaired) electrons. The highest BCUT2D eigenvalue weighted by atomic mass is 32.1. The molecule has 0 aliphatic rings. The van der Waals surface area contributed by atoms with Crippen LogP contribution in [-0.4, -0.2) is 37.0 Å². The van der Waals surface area contributed by atoms with E-state index in [-0.39, 0.29) is 5.97 Å². The minimum Gasteiger partial charge on any atom is -0.462 e. The van der Waals surface area contributed by atoms with Gasteiger partial charge in [0.05, 0.1) is 25.2 Å². The lowest BCUT2D eigenvalue weighted by molar-refractivity contribution is 0.0529. The average Bonchev–Trinajstić information content (AvgIpc) is 3.19. The van der Waals surface area contributed by atoms with E-state index in [2.05, 4.69) is 15.2 Å². The lowest BCUT2D eigenvalue weighted by Gasteiger charge is -1.98. The van der Waals surface area contributed by atoms with E-state index in [0.29, 0.717) is 12.2 Å². The molecule has 0 atom stereocenters. The molecule has 4 heterocycles. The lowest BCUT2D eigenvalue weighted by atomic mass is 10.4. The number of hydrogen-bond acceptors (Lipinski definition) is 6. The maximum Gasteiger partial charge on any atom is 0.342 e. The Bertz CT molecular complexity index is 984. The molecule has 0 saturated carbocycles. The van der Waals surface area contributed by atoms with E-state index in [9.17, 15) is 4.79 Å². The molecule has 0 aromatic carbocycles. The van der Waals surface area contributed by atoms with Crippen LogP contribution < -0.4 is 0 Å². The quantitative estimate of drug-likeness (QED) is 0.543. The number of hydrogen-bond donors (Lipinski definition) is 0. The Kier molecular flexibility index (Phi) is 2.90. The van der Waals surface area contributed by atoms with Crippen LogP contribution in [0.1, 0.15) is 17.3 Å². The van der Waals surface area contributed by atoms with Gasteiger partial charge < -0.3 is 4.74 Å². The fourth-order valence-electron chi connectivity index (χ4n) is 2.24. The van der Waals surface area contributed by atoms with Gasteiger partial charge in [0.2, 0.25) is 0 Å². The molecule has 0 saturated heterocycles. The largest absolute Gasteiger partial charge is 0.462 e. The molecule has 0 fully saturated rings. The molecular weight excluding hydrogens is 302 g/mol. The summed E-state index contributed by atoms with van der Waals surface area (Å²) < 4.78 is 8.44. The highest BCUT2D eigenvalue weighted by Crippen LogP contribution is 2.26. The predicted molar refractivity (Wildman–Crippen MR) is 81.4 cm³/mol. The predicted octanol–water partition coefficient (Wildman–Crippen LogP) is 2.31. The van der Waals surface area contributed by atoms with Gasteiger partial charge in [-0.2, -0.15) is 10.2 Å². The summed E-state index contributed by atoms with van der Waals surface area (Å²) in [5.41, 5.74) is 1.23. The maximum atomic E-state index is 11.9. The van der Waals surface area contributed by atoms with E-state index >= 15 is 0 Å². The molecule has 0 bridgehead atoms. The Labute approximate surface area is 128 Å². The molecule has 0 N–H and O–H groups in total. The van der Waals surface area contributed by atoms with E-state index in [1.807, 2.05) is 18.3 Å². The zero-order chi connectivity index (χ0) is 15.1. The fraction of sp³-hybridized carbons (Fsp3) is 0.143. The van der Waals surface area contributed by atoms with Crippen molar-refractivity contribution in [2.75, 3.05) is 6.61 Å². The van der Waals surface area contributed by atoms with Gasteiger partial charge in [-0.15, -0.1) is 0 Å². The number of esters is 1. The topological polar surface area (TPSA) is 74.3 Å². The Hall–Kier alpha value is -2.74. The molecule has 0 aliphatic carbocycles. The van der Waals surface area contributed by atoms with Crippen LogP contribution in [0.3, 0.4) is 0 Å². The van der Waals surface area contributed by atoms with Crippen molar-refractivity contribution in [2.45, 2.75) is 6.92 Å². The van der Waals surface area contributed by atoms with Crippen molar-refractivity contribution in [3.05, 3.63) is 42.5 Å². The van der Waals surface area contributed by atoms with Gasteiger partial charge in [-0.05, 0) is 19.1 Å². The van der Waals surface area contributed by atoms with Crippen LogP contribution in [0.25, 0.3) is 20.9 Å². The number of carbonyl (C=O) groups is 1. The van der Waals surface area contributed by atoms with Gasteiger partial charge >= 0.3 is 5.97 Å². The molecule has 8 heteroatoms. The lowest BCUT2D eigenvalue weighted by Crippen LogP contribution is -2.03. The third kappa shape index (κ3) is 1.88. The van der Waals surface area contributed by atoms with Gasteiger partial charge in [0, 0.05) is 11.6 Å². The highest BCUT2D eigenvalue weighted by Gasteiger charge is 2.18. The second-order valence-electron chi connectivity index (χ2n) is 4.57. The maximum absolute atomic E-state index is 11.9. The molecule has 7 nitrogen and oxygen atoms in total. The van der Waals surface area contributed by atoms with Gasteiger partial charge in [0.1, 0.15) is 15.4 Å². The minimum atomic E-state index is -0.366. The van der Waals surface area contributed by atoms with E-state index in [4.69, 9.17) is 4.74 Å². The third-order valence-corrected chi connectivity index (χ3v) is 4.31. The number of fused-ring (bicyclic) bond motifs is 2. The summed E-state index contributed by atoms with van der Waals surface area (Å²) in [6, 6.07) is 3.82. The second kappa shape index (κ2) is 4.92. The zero-order valence-electron chi connectivity index (χ0n) is 11.6. The van der Waals surface area contributed by atoms with Crippen LogP contribution in [0.5, 0.6) is 0 Å².